The van der Waals surface area contributed by atoms with Gasteiger partial charge in [0.05, 0.1) is 31.1 Å². The summed E-state index contributed by atoms with van der Waals surface area (Å²) in [6, 6.07) is 2.35. The maximum atomic E-state index is 14.0. The fourth-order valence-corrected chi connectivity index (χ4v) is 5.14. The van der Waals surface area contributed by atoms with Crippen molar-refractivity contribution < 1.29 is 46.4 Å². The average molecular weight is 463 g/mol. The van der Waals surface area contributed by atoms with Crippen molar-refractivity contribution >= 4 is 21.7 Å². The minimum absolute atomic E-state index is 0.0274. The molecule has 9 nitrogen and oxygen atoms in total. The van der Waals surface area contributed by atoms with E-state index in [1.54, 1.807) is 6.92 Å². The molecule has 1 aromatic carbocycles. The predicted molar refractivity (Wildman–Crippen MR) is 103 cm³/mol. The van der Waals surface area contributed by atoms with Crippen molar-refractivity contribution in [2.75, 3.05) is 24.5 Å². The summed E-state index contributed by atoms with van der Waals surface area (Å²) in [5, 5.41) is 17.4. The second kappa shape index (κ2) is 9.17. The zero-order chi connectivity index (χ0) is 22.8. The van der Waals surface area contributed by atoms with E-state index >= 15 is 0 Å². The van der Waals surface area contributed by atoms with E-state index in [1.807, 2.05) is 4.72 Å². The largest absolute Gasteiger partial charge is 0.463 e. The van der Waals surface area contributed by atoms with Crippen LogP contribution in [-0.2, 0) is 29.0 Å². The topological polar surface area (TPSA) is 131 Å². The van der Waals surface area contributed by atoms with E-state index in [-0.39, 0.29) is 25.0 Å². The van der Waals surface area contributed by atoms with Gasteiger partial charge in [-0.05, 0) is 31.6 Å². The van der Waals surface area contributed by atoms with Gasteiger partial charge < -0.3 is 24.4 Å². The van der Waals surface area contributed by atoms with Crippen LogP contribution in [0.4, 0.5) is 14.5 Å². The number of rotatable bonds is 7. The quantitative estimate of drug-likeness (QED) is 0.507. The first-order valence-electron chi connectivity index (χ1n) is 9.58. The van der Waals surface area contributed by atoms with E-state index in [4.69, 9.17) is 14.2 Å². The number of sulfonamides is 1. The SMILES string of the molecule is CCOC(=O)C1=CC2(CCC1S(=O)(=O)Nc1ccc(F)cc1F)OC(CO)[C@@H](CO)O2. The number of aliphatic hydroxyl groups excluding tert-OH is 2. The van der Waals surface area contributed by atoms with Gasteiger partial charge in [-0.25, -0.2) is 22.0 Å². The Hall–Kier alpha value is -2.12. The molecule has 0 saturated carbocycles. The molecule has 4 atom stereocenters. The average Bonchev–Trinajstić information content (AvgIpc) is 3.07. The molecule has 3 N–H and O–H groups in total. The van der Waals surface area contributed by atoms with Crippen molar-refractivity contribution in [2.24, 2.45) is 0 Å². The summed E-state index contributed by atoms with van der Waals surface area (Å²) in [6.07, 6.45) is -0.773. The van der Waals surface area contributed by atoms with Gasteiger partial charge in [0.2, 0.25) is 10.0 Å². The van der Waals surface area contributed by atoms with Gasteiger partial charge in [0.1, 0.15) is 29.1 Å². The van der Waals surface area contributed by atoms with Gasteiger partial charge in [-0.1, -0.05) is 0 Å². The number of carbonyl (C=O) groups excluding carboxylic acids is 1. The molecule has 1 spiro atoms. The zero-order valence-electron chi connectivity index (χ0n) is 16.6. The van der Waals surface area contributed by atoms with Crippen LogP contribution in [-0.4, -0.2) is 67.7 Å². The van der Waals surface area contributed by atoms with Crippen LogP contribution in [0.1, 0.15) is 19.8 Å². The highest BCUT2D eigenvalue weighted by atomic mass is 32.2. The molecule has 1 saturated heterocycles. The molecular weight excluding hydrogens is 440 g/mol. The minimum Gasteiger partial charge on any atom is -0.463 e. The van der Waals surface area contributed by atoms with Crippen LogP contribution < -0.4 is 4.72 Å². The van der Waals surface area contributed by atoms with Crippen molar-refractivity contribution in [1.82, 2.24) is 0 Å². The Morgan fingerprint density at radius 3 is 2.45 bits per heavy atom. The van der Waals surface area contributed by atoms with Crippen LogP contribution in [0.2, 0.25) is 0 Å². The minimum atomic E-state index is -4.36. The molecule has 0 radical (unpaired) electrons. The summed E-state index contributed by atoms with van der Waals surface area (Å²) in [6.45, 7) is 0.598. The maximum Gasteiger partial charge on any atom is 0.335 e. The molecule has 1 fully saturated rings. The van der Waals surface area contributed by atoms with E-state index < -0.39 is 69.8 Å². The lowest BCUT2D eigenvalue weighted by Gasteiger charge is -2.33. The molecule has 0 bridgehead atoms. The number of esters is 1. The Kier molecular flexibility index (Phi) is 6.96. The lowest BCUT2D eigenvalue weighted by Crippen LogP contribution is -2.42. The summed E-state index contributed by atoms with van der Waals surface area (Å²) < 4.78 is 71.4. The Balaban J connectivity index is 1.95. The molecule has 2 aliphatic rings. The summed E-state index contributed by atoms with van der Waals surface area (Å²) in [7, 11) is -4.36. The summed E-state index contributed by atoms with van der Waals surface area (Å²) in [5.41, 5.74) is -0.766. The third-order valence-electron chi connectivity index (χ3n) is 5.02. The van der Waals surface area contributed by atoms with E-state index in [9.17, 15) is 32.2 Å². The van der Waals surface area contributed by atoms with Crippen molar-refractivity contribution in [3.63, 3.8) is 0 Å². The summed E-state index contributed by atoms with van der Waals surface area (Å²) in [4.78, 5) is 12.5. The van der Waals surface area contributed by atoms with Crippen LogP contribution in [0.5, 0.6) is 0 Å². The fourth-order valence-electron chi connectivity index (χ4n) is 3.60. The Labute approximate surface area is 177 Å². The molecule has 0 aromatic heterocycles. The van der Waals surface area contributed by atoms with Crippen molar-refractivity contribution in [3.8, 4) is 0 Å². The number of hydrogen-bond donors (Lipinski definition) is 3. The number of anilines is 1. The molecule has 31 heavy (non-hydrogen) atoms. The fraction of sp³-hybridized carbons (Fsp3) is 0.526. The molecule has 0 amide bonds. The molecule has 1 aliphatic heterocycles. The standard InChI is InChI=1S/C19H23F2NO8S/c1-2-28-18(25)12-8-19(29-15(9-23)16(10-24)30-19)6-5-17(12)31(26,27)22-14-4-3-11(20)7-13(14)21/h3-4,7-8,15-17,22-24H,2,5-6,9-10H2,1H3/t15-,16?,17?,19?/m1/s1. The van der Waals surface area contributed by atoms with Gasteiger partial charge in [0, 0.05) is 12.5 Å². The third kappa shape index (κ3) is 4.88. The van der Waals surface area contributed by atoms with Gasteiger partial charge in [0.15, 0.2) is 5.79 Å². The highest BCUT2D eigenvalue weighted by molar-refractivity contribution is 7.93. The van der Waals surface area contributed by atoms with Crippen LogP contribution >= 0.6 is 0 Å². The number of halogens is 2. The Bertz CT molecular complexity index is 956. The van der Waals surface area contributed by atoms with Crippen LogP contribution in [0.3, 0.4) is 0 Å². The van der Waals surface area contributed by atoms with Crippen LogP contribution in [0.15, 0.2) is 29.8 Å². The molecular formula is C19H23F2NO8S. The first-order valence-corrected chi connectivity index (χ1v) is 11.1. The molecule has 1 heterocycles. The molecule has 3 rings (SSSR count). The normalized spacial score (nSPS) is 28.4. The smallest absolute Gasteiger partial charge is 0.335 e. The van der Waals surface area contributed by atoms with Gasteiger partial charge >= 0.3 is 5.97 Å². The third-order valence-corrected chi connectivity index (χ3v) is 6.77. The number of benzene rings is 1. The lowest BCUT2D eigenvalue weighted by atomic mass is 9.94. The van der Waals surface area contributed by atoms with Crippen LogP contribution in [0.25, 0.3) is 0 Å². The second-order valence-corrected chi connectivity index (χ2v) is 8.97. The summed E-state index contributed by atoms with van der Waals surface area (Å²) in [5.74, 6) is -4.46. The van der Waals surface area contributed by atoms with E-state index in [0.717, 1.165) is 18.2 Å². The van der Waals surface area contributed by atoms with Crippen molar-refractivity contribution in [2.45, 2.75) is 43.0 Å². The molecule has 1 aliphatic carbocycles. The first-order chi connectivity index (χ1) is 14.6. The maximum absolute atomic E-state index is 14.0. The number of nitrogens with one attached hydrogen (secondary N) is 1. The van der Waals surface area contributed by atoms with E-state index in [1.165, 1.54) is 0 Å². The monoisotopic (exact) mass is 463 g/mol. The molecule has 1 aromatic rings. The van der Waals surface area contributed by atoms with Crippen molar-refractivity contribution in [1.29, 1.82) is 0 Å². The Morgan fingerprint density at radius 2 is 1.90 bits per heavy atom. The van der Waals surface area contributed by atoms with Gasteiger partial charge in [0.25, 0.3) is 0 Å². The highest BCUT2D eigenvalue weighted by Gasteiger charge is 2.51. The zero-order valence-corrected chi connectivity index (χ0v) is 17.4. The molecule has 12 heteroatoms. The van der Waals surface area contributed by atoms with Crippen LogP contribution in [0, 0.1) is 11.6 Å². The number of carbonyl (C=O) groups is 1. The first kappa shape index (κ1) is 23.5. The molecule has 172 valence electrons. The number of ether oxygens (including phenoxy) is 3. The lowest BCUT2D eigenvalue weighted by molar-refractivity contribution is -0.154. The second-order valence-electron chi connectivity index (χ2n) is 7.11. The van der Waals surface area contributed by atoms with E-state index in [0.29, 0.717) is 6.07 Å². The van der Waals surface area contributed by atoms with Crippen molar-refractivity contribution in [3.05, 3.63) is 41.5 Å². The summed E-state index contributed by atoms with van der Waals surface area (Å²) >= 11 is 0. The highest BCUT2D eigenvalue weighted by Crippen LogP contribution is 2.41. The number of aliphatic hydroxyl groups is 2. The Morgan fingerprint density at radius 1 is 1.26 bits per heavy atom. The van der Waals surface area contributed by atoms with Gasteiger partial charge in [-0.2, -0.15) is 0 Å². The van der Waals surface area contributed by atoms with Gasteiger partial charge in [-0.15, -0.1) is 0 Å². The predicted octanol–water partition coefficient (Wildman–Crippen LogP) is 0.823. The molecule has 3 unspecified atom stereocenters. The van der Waals surface area contributed by atoms with E-state index in [2.05, 4.69) is 0 Å². The van der Waals surface area contributed by atoms with Gasteiger partial charge in [-0.3, -0.25) is 4.72 Å². The number of hydrogen-bond acceptors (Lipinski definition) is 8.